The summed E-state index contributed by atoms with van der Waals surface area (Å²) in [6.45, 7) is 10.4. The Kier molecular flexibility index (Phi) is 7.74. The lowest BCUT2D eigenvalue weighted by atomic mass is 10.0. The van der Waals surface area contributed by atoms with Crippen molar-refractivity contribution in [3.05, 3.63) is 16.8 Å². The molecule has 0 N–H and O–H groups in total. The highest BCUT2D eigenvalue weighted by atomic mass is 15.3. The van der Waals surface area contributed by atoms with Crippen LogP contribution in [0.15, 0.2) is 0 Å². The first-order chi connectivity index (χ1) is 10.2. The monoisotopic (exact) mass is 288 g/mol. The van der Waals surface area contributed by atoms with E-state index in [1.807, 2.05) is 0 Å². The SMILES string of the molecule is CCCCN(CCCC)c1nnc(CC)c(CC)c1C#N. The average molecular weight is 288 g/mol. The lowest BCUT2D eigenvalue weighted by Gasteiger charge is -2.25. The van der Waals surface area contributed by atoms with E-state index in [-0.39, 0.29) is 0 Å². The number of aromatic nitrogens is 2. The van der Waals surface area contributed by atoms with Crippen LogP contribution in [0.2, 0.25) is 0 Å². The Labute approximate surface area is 129 Å². The molecule has 0 radical (unpaired) electrons. The second-order valence-electron chi connectivity index (χ2n) is 5.34. The van der Waals surface area contributed by atoms with Crippen LogP contribution in [0, 0.1) is 11.3 Å². The molecule has 1 heterocycles. The van der Waals surface area contributed by atoms with Gasteiger partial charge in [-0.1, -0.05) is 40.5 Å². The lowest BCUT2D eigenvalue weighted by molar-refractivity contribution is 0.663. The van der Waals surface area contributed by atoms with Crippen LogP contribution in [0.4, 0.5) is 5.82 Å². The van der Waals surface area contributed by atoms with Crippen molar-refractivity contribution in [2.24, 2.45) is 0 Å². The fourth-order valence-corrected chi connectivity index (χ4v) is 2.52. The molecule has 0 amide bonds. The highest BCUT2D eigenvalue weighted by Crippen LogP contribution is 2.24. The van der Waals surface area contributed by atoms with Crippen molar-refractivity contribution >= 4 is 5.82 Å². The zero-order chi connectivity index (χ0) is 15.7. The van der Waals surface area contributed by atoms with Crippen molar-refractivity contribution in [1.29, 1.82) is 5.26 Å². The van der Waals surface area contributed by atoms with Crippen LogP contribution >= 0.6 is 0 Å². The van der Waals surface area contributed by atoms with Crippen LogP contribution in [0.1, 0.15) is 70.2 Å². The maximum atomic E-state index is 9.61. The van der Waals surface area contributed by atoms with Crippen LogP contribution in [0.3, 0.4) is 0 Å². The maximum absolute atomic E-state index is 9.61. The zero-order valence-electron chi connectivity index (χ0n) is 13.9. The first-order valence-corrected chi connectivity index (χ1v) is 8.26. The summed E-state index contributed by atoms with van der Waals surface area (Å²) in [6, 6.07) is 2.38. The summed E-state index contributed by atoms with van der Waals surface area (Å²) in [7, 11) is 0. The third-order valence-electron chi connectivity index (χ3n) is 3.80. The standard InChI is InChI=1S/C17H28N4/c1-5-9-11-21(12-10-6-2)17-15(13-18)14(7-3)16(8-4)19-20-17/h5-12H2,1-4H3. The molecule has 0 saturated carbocycles. The molecule has 0 aromatic carbocycles. The van der Waals surface area contributed by atoms with Crippen molar-refractivity contribution in [3.63, 3.8) is 0 Å². The van der Waals surface area contributed by atoms with Gasteiger partial charge in [-0.05, 0) is 31.2 Å². The smallest absolute Gasteiger partial charge is 0.169 e. The summed E-state index contributed by atoms with van der Waals surface area (Å²) in [5.74, 6) is 0.786. The van der Waals surface area contributed by atoms with Gasteiger partial charge in [0.15, 0.2) is 5.82 Å². The van der Waals surface area contributed by atoms with Crippen LogP contribution in [0.25, 0.3) is 0 Å². The quantitative estimate of drug-likeness (QED) is 0.692. The summed E-state index contributed by atoms with van der Waals surface area (Å²) in [5, 5.41) is 18.4. The molecule has 116 valence electrons. The van der Waals surface area contributed by atoms with Gasteiger partial charge >= 0.3 is 0 Å². The molecule has 0 aliphatic carbocycles. The zero-order valence-corrected chi connectivity index (χ0v) is 13.9. The second-order valence-corrected chi connectivity index (χ2v) is 5.34. The Morgan fingerprint density at radius 2 is 1.57 bits per heavy atom. The highest BCUT2D eigenvalue weighted by molar-refractivity contribution is 5.58. The van der Waals surface area contributed by atoms with Gasteiger partial charge in [-0.15, -0.1) is 5.10 Å². The number of hydrogen-bond acceptors (Lipinski definition) is 4. The van der Waals surface area contributed by atoms with E-state index >= 15 is 0 Å². The summed E-state index contributed by atoms with van der Waals surface area (Å²) >= 11 is 0. The third kappa shape index (κ3) is 4.42. The van der Waals surface area contributed by atoms with Crippen molar-refractivity contribution in [2.45, 2.75) is 66.2 Å². The molecular weight excluding hydrogens is 260 g/mol. The minimum absolute atomic E-state index is 0.733. The van der Waals surface area contributed by atoms with Crippen LogP contribution in [0.5, 0.6) is 0 Å². The molecule has 4 nitrogen and oxygen atoms in total. The van der Waals surface area contributed by atoms with E-state index in [2.05, 4.69) is 48.9 Å². The molecule has 0 aliphatic rings. The molecular formula is C17H28N4. The molecule has 0 atom stereocenters. The summed E-state index contributed by atoms with van der Waals surface area (Å²) in [6.07, 6.45) is 6.19. The van der Waals surface area contributed by atoms with E-state index in [1.165, 1.54) is 0 Å². The summed E-state index contributed by atoms with van der Waals surface area (Å²) in [5.41, 5.74) is 2.77. The van der Waals surface area contributed by atoms with Gasteiger partial charge in [-0.25, -0.2) is 0 Å². The largest absolute Gasteiger partial charge is 0.354 e. The van der Waals surface area contributed by atoms with Gasteiger partial charge in [-0.3, -0.25) is 0 Å². The molecule has 4 heteroatoms. The third-order valence-corrected chi connectivity index (χ3v) is 3.80. The van der Waals surface area contributed by atoms with Crippen molar-refractivity contribution in [2.75, 3.05) is 18.0 Å². The van der Waals surface area contributed by atoms with E-state index in [4.69, 9.17) is 0 Å². The van der Waals surface area contributed by atoms with E-state index in [9.17, 15) is 5.26 Å². The molecule has 0 unspecified atom stereocenters. The Balaban J connectivity index is 3.20. The second kappa shape index (κ2) is 9.33. The van der Waals surface area contributed by atoms with Crippen molar-refractivity contribution < 1.29 is 0 Å². The molecule has 21 heavy (non-hydrogen) atoms. The fraction of sp³-hybridized carbons (Fsp3) is 0.706. The van der Waals surface area contributed by atoms with E-state index in [0.717, 1.165) is 74.3 Å². The molecule has 0 spiro atoms. The van der Waals surface area contributed by atoms with Gasteiger partial charge in [0.2, 0.25) is 0 Å². The molecule has 0 fully saturated rings. The average Bonchev–Trinajstić information content (AvgIpc) is 2.53. The Morgan fingerprint density at radius 3 is 2.00 bits per heavy atom. The number of unbranched alkanes of at least 4 members (excludes halogenated alkanes) is 2. The number of hydrogen-bond donors (Lipinski definition) is 0. The molecule has 0 saturated heterocycles. The van der Waals surface area contributed by atoms with Crippen LogP contribution in [-0.2, 0) is 12.8 Å². The molecule has 1 rings (SSSR count). The predicted octanol–water partition coefficient (Wildman–Crippen LogP) is 3.88. The van der Waals surface area contributed by atoms with Crippen molar-refractivity contribution in [3.8, 4) is 6.07 Å². The number of nitriles is 1. The van der Waals surface area contributed by atoms with Crippen LogP contribution < -0.4 is 4.90 Å². The predicted molar refractivity (Wildman–Crippen MR) is 87.5 cm³/mol. The van der Waals surface area contributed by atoms with Gasteiger partial charge in [0.05, 0.1) is 5.69 Å². The van der Waals surface area contributed by atoms with Gasteiger partial charge in [0.25, 0.3) is 0 Å². The van der Waals surface area contributed by atoms with Gasteiger partial charge in [-0.2, -0.15) is 10.4 Å². The number of rotatable bonds is 9. The van der Waals surface area contributed by atoms with Gasteiger partial charge < -0.3 is 4.90 Å². The first kappa shape index (κ1) is 17.4. The summed E-state index contributed by atoms with van der Waals surface area (Å²) < 4.78 is 0. The number of anilines is 1. The normalized spacial score (nSPS) is 10.4. The van der Waals surface area contributed by atoms with E-state index in [0.29, 0.717) is 0 Å². The highest BCUT2D eigenvalue weighted by Gasteiger charge is 2.18. The minimum Gasteiger partial charge on any atom is -0.354 e. The van der Waals surface area contributed by atoms with E-state index < -0.39 is 0 Å². The number of nitrogens with zero attached hydrogens (tertiary/aromatic N) is 4. The Bertz CT molecular complexity index is 468. The first-order valence-electron chi connectivity index (χ1n) is 8.26. The molecule has 0 aliphatic heterocycles. The molecule has 1 aromatic heterocycles. The minimum atomic E-state index is 0.733. The van der Waals surface area contributed by atoms with Gasteiger partial charge in [0.1, 0.15) is 11.6 Å². The maximum Gasteiger partial charge on any atom is 0.169 e. The number of aryl methyl sites for hydroxylation is 1. The fourth-order valence-electron chi connectivity index (χ4n) is 2.52. The Morgan fingerprint density at radius 1 is 0.952 bits per heavy atom. The lowest BCUT2D eigenvalue weighted by Crippen LogP contribution is -2.28. The van der Waals surface area contributed by atoms with E-state index in [1.54, 1.807) is 0 Å². The Hall–Kier alpha value is -1.63. The van der Waals surface area contributed by atoms with Crippen molar-refractivity contribution in [1.82, 2.24) is 10.2 Å². The topological polar surface area (TPSA) is 52.8 Å². The van der Waals surface area contributed by atoms with Gasteiger partial charge in [0, 0.05) is 13.1 Å². The molecule has 1 aromatic rings. The summed E-state index contributed by atoms with van der Waals surface area (Å²) in [4.78, 5) is 2.25. The molecule has 0 bridgehead atoms. The van der Waals surface area contributed by atoms with Crippen LogP contribution in [-0.4, -0.2) is 23.3 Å².